The van der Waals surface area contributed by atoms with Gasteiger partial charge in [-0.05, 0) is 45.1 Å². The largest absolute Gasteiger partial charge is 0.341 e. The third kappa shape index (κ3) is 7.86. The van der Waals surface area contributed by atoms with Crippen molar-refractivity contribution in [2.75, 3.05) is 7.05 Å². The normalized spacial score (nSPS) is 11.8. The first-order valence-electron chi connectivity index (χ1n) is 11.1. The molecule has 0 fully saturated rings. The van der Waals surface area contributed by atoms with Crippen LogP contribution < -0.4 is 10.6 Å². The number of rotatable bonds is 7. The maximum atomic E-state index is 12.7. The van der Waals surface area contributed by atoms with Crippen molar-refractivity contribution in [2.45, 2.75) is 78.2 Å². The third-order valence-electron chi connectivity index (χ3n) is 5.52. The summed E-state index contributed by atoms with van der Waals surface area (Å²) in [7, 11) is 1.60. The molecule has 0 aromatic heterocycles. The number of nitrogens with one attached hydrogen (secondary N) is 2. The molecular formula is C27H38N2O2. The molecule has 4 nitrogen and oxygen atoms in total. The van der Waals surface area contributed by atoms with Crippen LogP contribution in [0.2, 0.25) is 0 Å². The summed E-state index contributed by atoms with van der Waals surface area (Å²) >= 11 is 0. The van der Waals surface area contributed by atoms with Gasteiger partial charge in [-0.15, -0.1) is 0 Å². The summed E-state index contributed by atoms with van der Waals surface area (Å²) in [5, 5.41) is 5.31. The molecule has 2 N–H and O–H groups in total. The summed E-state index contributed by atoms with van der Waals surface area (Å²) in [6.45, 7) is 13.8. The maximum Gasteiger partial charge on any atom is 0.314 e. The molecule has 0 heterocycles. The Balaban J connectivity index is 2.00. The third-order valence-corrected chi connectivity index (χ3v) is 5.52. The minimum Gasteiger partial charge on any atom is -0.341 e. The minimum atomic E-state index is -0.195. The van der Waals surface area contributed by atoms with E-state index in [1.165, 1.54) is 11.1 Å². The topological polar surface area (TPSA) is 58.2 Å². The van der Waals surface area contributed by atoms with Gasteiger partial charge in [0.25, 0.3) is 0 Å². The van der Waals surface area contributed by atoms with Gasteiger partial charge in [0, 0.05) is 26.4 Å². The first kappa shape index (κ1) is 24.6. The summed E-state index contributed by atoms with van der Waals surface area (Å²) in [5.74, 6) is 0.260. The molecule has 2 rings (SSSR count). The van der Waals surface area contributed by atoms with Gasteiger partial charge in [0.2, 0.25) is 0 Å². The van der Waals surface area contributed by atoms with E-state index in [2.05, 4.69) is 70.4 Å². The fourth-order valence-electron chi connectivity index (χ4n) is 3.35. The Kier molecular flexibility index (Phi) is 8.05. The average Bonchev–Trinajstić information content (AvgIpc) is 2.69. The van der Waals surface area contributed by atoms with Crippen molar-refractivity contribution in [3.05, 3.63) is 70.3 Å². The number of carbonyl (C=O) groups is 2. The van der Waals surface area contributed by atoms with Crippen LogP contribution in [0.5, 0.6) is 0 Å². The van der Waals surface area contributed by atoms with E-state index in [9.17, 15) is 9.59 Å². The van der Waals surface area contributed by atoms with E-state index < -0.39 is 0 Å². The Morgan fingerprint density at radius 1 is 0.774 bits per heavy atom. The molecule has 0 aliphatic rings. The zero-order valence-electron chi connectivity index (χ0n) is 20.2. The second kappa shape index (κ2) is 10.1. The van der Waals surface area contributed by atoms with Gasteiger partial charge in [-0.3, -0.25) is 4.79 Å². The molecule has 0 radical (unpaired) electrons. The zero-order valence-corrected chi connectivity index (χ0v) is 20.2. The molecule has 4 heteroatoms. The molecule has 0 saturated heterocycles. The van der Waals surface area contributed by atoms with E-state index in [-0.39, 0.29) is 22.6 Å². The lowest BCUT2D eigenvalue weighted by Gasteiger charge is -2.26. The van der Waals surface area contributed by atoms with Crippen LogP contribution in [-0.4, -0.2) is 18.9 Å². The van der Waals surface area contributed by atoms with E-state index in [0.29, 0.717) is 19.4 Å². The van der Waals surface area contributed by atoms with Crippen molar-refractivity contribution < 1.29 is 9.59 Å². The van der Waals surface area contributed by atoms with E-state index in [0.717, 1.165) is 23.1 Å². The minimum absolute atomic E-state index is 0.0491. The molecule has 0 aliphatic carbocycles. The van der Waals surface area contributed by atoms with Crippen molar-refractivity contribution >= 4 is 11.8 Å². The zero-order chi connectivity index (χ0) is 23.2. The van der Waals surface area contributed by atoms with Crippen molar-refractivity contribution in [3.63, 3.8) is 0 Å². The SMILES string of the molecule is CNC(=O)NCc1ccc(CCC(=O)Cc2cc(C(C)(C)C)cc(C(C)(C)C)c2)cc1. The van der Waals surface area contributed by atoms with Crippen LogP contribution in [0, 0.1) is 0 Å². The number of ketones is 1. The molecule has 0 atom stereocenters. The van der Waals surface area contributed by atoms with Gasteiger partial charge < -0.3 is 10.6 Å². The van der Waals surface area contributed by atoms with Gasteiger partial charge in [0.1, 0.15) is 5.78 Å². The number of Topliss-reactive ketones (excluding diaryl/α,β-unsaturated/α-hetero) is 1. The van der Waals surface area contributed by atoms with Crippen molar-refractivity contribution in [1.82, 2.24) is 10.6 Å². The Morgan fingerprint density at radius 3 is 1.77 bits per heavy atom. The number of aryl methyl sites for hydroxylation is 1. The molecule has 168 valence electrons. The molecule has 31 heavy (non-hydrogen) atoms. The van der Waals surface area contributed by atoms with E-state index >= 15 is 0 Å². The average molecular weight is 423 g/mol. The maximum absolute atomic E-state index is 12.7. The second-order valence-corrected chi connectivity index (χ2v) is 10.4. The van der Waals surface area contributed by atoms with Gasteiger partial charge in [0.15, 0.2) is 0 Å². The standard InChI is InChI=1S/C27H38N2O2/c1-26(2,3)22-14-21(15-23(17-22)27(4,5)6)16-24(30)13-12-19-8-10-20(11-9-19)18-29-25(31)28-7/h8-11,14-15,17H,12-13,16,18H2,1-7H3,(H2,28,29,31). The fraction of sp³-hybridized carbons (Fsp3) is 0.481. The quantitative estimate of drug-likeness (QED) is 0.623. The van der Waals surface area contributed by atoms with E-state index in [1.807, 2.05) is 24.3 Å². The predicted octanol–water partition coefficient (Wildman–Crippen LogP) is 5.46. The van der Waals surface area contributed by atoms with Crippen LogP contribution >= 0.6 is 0 Å². The summed E-state index contributed by atoms with van der Waals surface area (Å²) in [4.78, 5) is 24.0. The summed E-state index contributed by atoms with van der Waals surface area (Å²) in [6.07, 6.45) is 1.73. The monoisotopic (exact) mass is 422 g/mol. The highest BCUT2D eigenvalue weighted by atomic mass is 16.2. The molecule has 2 aromatic carbocycles. The lowest BCUT2D eigenvalue weighted by Crippen LogP contribution is -2.32. The highest BCUT2D eigenvalue weighted by Gasteiger charge is 2.21. The van der Waals surface area contributed by atoms with Crippen molar-refractivity contribution in [3.8, 4) is 0 Å². The lowest BCUT2D eigenvalue weighted by molar-refractivity contribution is -0.118. The fourth-order valence-corrected chi connectivity index (χ4v) is 3.35. The number of amides is 2. The molecule has 0 bridgehead atoms. The number of hydrogen-bond acceptors (Lipinski definition) is 2. The van der Waals surface area contributed by atoms with E-state index in [1.54, 1.807) is 7.05 Å². The lowest BCUT2D eigenvalue weighted by atomic mass is 9.79. The molecule has 0 aliphatic heterocycles. The first-order valence-corrected chi connectivity index (χ1v) is 11.1. The van der Waals surface area contributed by atoms with Crippen molar-refractivity contribution in [1.29, 1.82) is 0 Å². The summed E-state index contributed by atoms with van der Waals surface area (Å²) in [5.41, 5.74) is 5.94. The molecule has 0 unspecified atom stereocenters. The van der Waals surface area contributed by atoms with Crippen LogP contribution in [0.15, 0.2) is 42.5 Å². The molecule has 2 aromatic rings. The van der Waals surface area contributed by atoms with Gasteiger partial charge in [-0.1, -0.05) is 84.0 Å². The van der Waals surface area contributed by atoms with Gasteiger partial charge in [-0.2, -0.15) is 0 Å². The van der Waals surface area contributed by atoms with Crippen LogP contribution in [0.25, 0.3) is 0 Å². The number of urea groups is 1. The molecular weight excluding hydrogens is 384 g/mol. The van der Waals surface area contributed by atoms with Gasteiger partial charge >= 0.3 is 6.03 Å². The molecule has 2 amide bonds. The highest BCUT2D eigenvalue weighted by molar-refractivity contribution is 5.81. The van der Waals surface area contributed by atoms with Crippen molar-refractivity contribution in [2.24, 2.45) is 0 Å². The Hall–Kier alpha value is -2.62. The van der Waals surface area contributed by atoms with Crippen LogP contribution in [0.4, 0.5) is 4.79 Å². The second-order valence-electron chi connectivity index (χ2n) is 10.4. The van der Waals surface area contributed by atoms with E-state index in [4.69, 9.17) is 0 Å². The number of carbonyl (C=O) groups excluding carboxylic acids is 2. The Labute approximate surface area is 187 Å². The van der Waals surface area contributed by atoms with Gasteiger partial charge in [-0.25, -0.2) is 4.79 Å². The number of benzene rings is 2. The molecule has 0 saturated carbocycles. The Bertz CT molecular complexity index is 868. The predicted molar refractivity (Wildman–Crippen MR) is 129 cm³/mol. The van der Waals surface area contributed by atoms with Crippen LogP contribution in [0.3, 0.4) is 0 Å². The smallest absolute Gasteiger partial charge is 0.314 e. The molecule has 0 spiro atoms. The Morgan fingerprint density at radius 2 is 1.29 bits per heavy atom. The van der Waals surface area contributed by atoms with Gasteiger partial charge in [0.05, 0.1) is 0 Å². The summed E-state index contributed by atoms with van der Waals surface area (Å²) < 4.78 is 0. The highest BCUT2D eigenvalue weighted by Crippen LogP contribution is 2.30. The number of hydrogen-bond donors (Lipinski definition) is 2. The van der Waals surface area contributed by atoms with Crippen LogP contribution in [0.1, 0.15) is 75.8 Å². The first-order chi connectivity index (χ1) is 14.4. The van der Waals surface area contributed by atoms with Crippen LogP contribution in [-0.2, 0) is 35.0 Å². The summed E-state index contributed by atoms with van der Waals surface area (Å²) in [6, 6.07) is 14.5.